The van der Waals surface area contributed by atoms with Crippen molar-refractivity contribution in [3.8, 4) is 23.3 Å². The van der Waals surface area contributed by atoms with Crippen LogP contribution >= 0.6 is 0 Å². The Bertz CT molecular complexity index is 2520. The second-order valence-electron chi connectivity index (χ2n) is 16.8. The highest BCUT2D eigenvalue weighted by atomic mass is 19.1. The summed E-state index contributed by atoms with van der Waals surface area (Å²) in [6.45, 7) is 7.59. The molecule has 0 saturated carbocycles. The van der Waals surface area contributed by atoms with Gasteiger partial charge < -0.3 is 29.8 Å². The molecule has 6 aromatic heterocycles. The molecule has 2 saturated heterocycles. The van der Waals surface area contributed by atoms with Crippen LogP contribution in [0, 0.1) is 23.6 Å². The number of hydrogen-bond donors (Lipinski definition) is 2. The normalized spacial score (nSPS) is 18.8. The maximum atomic E-state index is 14.6. The van der Waals surface area contributed by atoms with Crippen LogP contribution < -0.4 is 19.6 Å². The molecule has 0 radical (unpaired) electrons. The second kappa shape index (κ2) is 19.0. The third-order valence-corrected chi connectivity index (χ3v) is 12.8. The van der Waals surface area contributed by atoms with Crippen LogP contribution in [0.25, 0.3) is 23.3 Å². The Labute approximate surface area is 378 Å². The highest BCUT2D eigenvalue weighted by Gasteiger charge is 2.32. The average molecular weight is 899 g/mol. The number of carboxylic acid groups (broad SMARTS) is 2. The molecule has 0 spiro atoms. The van der Waals surface area contributed by atoms with Gasteiger partial charge in [0.25, 0.3) is 0 Å². The number of piperidine rings is 2. The highest BCUT2D eigenvalue weighted by molar-refractivity contribution is 5.71. The molecular weight excluding hydrogens is 851 g/mol. The lowest BCUT2D eigenvalue weighted by Crippen LogP contribution is -2.38. The summed E-state index contributed by atoms with van der Waals surface area (Å²) in [7, 11) is 0. The molecule has 340 valence electrons. The molecule has 10 rings (SSSR count). The molecule has 18 nitrogen and oxygen atoms in total. The van der Waals surface area contributed by atoms with Crippen LogP contribution in [-0.4, -0.2) is 111 Å². The molecule has 0 aliphatic carbocycles. The maximum absolute atomic E-state index is 14.6. The first-order valence-corrected chi connectivity index (χ1v) is 22.1. The van der Waals surface area contributed by atoms with E-state index in [4.69, 9.17) is 4.98 Å². The summed E-state index contributed by atoms with van der Waals surface area (Å²) in [6, 6.07) is 9.50. The number of carboxylic acids is 2. The van der Waals surface area contributed by atoms with Gasteiger partial charge in [-0.1, -0.05) is 0 Å². The Kier molecular flexibility index (Phi) is 12.6. The van der Waals surface area contributed by atoms with E-state index in [1.54, 1.807) is 49.3 Å². The Balaban J connectivity index is 0.000000166. The molecule has 2 atom stereocenters. The first kappa shape index (κ1) is 43.9. The van der Waals surface area contributed by atoms with Gasteiger partial charge in [0, 0.05) is 130 Å². The predicted molar refractivity (Wildman–Crippen MR) is 239 cm³/mol. The van der Waals surface area contributed by atoms with Gasteiger partial charge in [0.1, 0.15) is 23.3 Å². The number of aliphatic carboxylic acids is 2. The van der Waals surface area contributed by atoms with E-state index in [1.165, 1.54) is 18.2 Å². The quantitative estimate of drug-likeness (QED) is 0.173. The summed E-state index contributed by atoms with van der Waals surface area (Å²) in [5.74, 6) is 0.478. The Morgan fingerprint density at radius 1 is 0.545 bits per heavy atom. The van der Waals surface area contributed by atoms with Crippen LogP contribution in [0.2, 0.25) is 0 Å². The first-order valence-electron chi connectivity index (χ1n) is 22.1. The number of nitrogens with zero attached hydrogens (tertiary/aromatic N) is 14. The first-order chi connectivity index (χ1) is 32.0. The Morgan fingerprint density at radius 3 is 1.48 bits per heavy atom. The predicted octanol–water partition coefficient (Wildman–Crippen LogP) is 5.78. The molecule has 4 aliphatic heterocycles. The fourth-order valence-electron chi connectivity index (χ4n) is 9.12. The molecule has 6 aromatic rings. The summed E-state index contributed by atoms with van der Waals surface area (Å²) in [4.78, 5) is 74.6. The van der Waals surface area contributed by atoms with E-state index in [0.29, 0.717) is 119 Å². The minimum Gasteiger partial charge on any atom is -0.481 e. The second-order valence-corrected chi connectivity index (χ2v) is 16.8. The van der Waals surface area contributed by atoms with E-state index in [-0.39, 0.29) is 29.7 Å². The minimum atomic E-state index is -0.771. The molecule has 0 aromatic carbocycles. The SMILES string of the molecule is CC1c2cnc(-c3ncccn3)nc2CCN1c1cc(F)cc(N2CCC(C(=O)O)CC2)n1.CC1c2cnc(-c3ncccn3)nc2CCN1c1cc(N2CCC(C(=O)O)CC2)cc(F)n1. The van der Waals surface area contributed by atoms with Crippen molar-refractivity contribution in [1.82, 2.24) is 49.8 Å². The number of carbonyl (C=O) groups is 2. The van der Waals surface area contributed by atoms with Crippen molar-refractivity contribution in [1.29, 1.82) is 0 Å². The van der Waals surface area contributed by atoms with E-state index in [0.717, 1.165) is 28.2 Å². The number of pyridine rings is 2. The number of halogens is 2. The lowest BCUT2D eigenvalue weighted by atomic mass is 9.96. The molecule has 2 unspecified atom stereocenters. The molecule has 20 heteroatoms. The average Bonchev–Trinajstić information content (AvgIpc) is 3.34. The van der Waals surface area contributed by atoms with E-state index in [2.05, 4.69) is 54.7 Å². The Hall–Kier alpha value is -7.38. The smallest absolute Gasteiger partial charge is 0.306 e. The molecule has 0 amide bonds. The minimum absolute atomic E-state index is 0.0839. The molecule has 66 heavy (non-hydrogen) atoms. The van der Waals surface area contributed by atoms with Crippen molar-refractivity contribution in [2.24, 2.45) is 11.8 Å². The topological polar surface area (TPSA) is 216 Å². The van der Waals surface area contributed by atoms with Crippen LogP contribution in [0.15, 0.2) is 73.6 Å². The Morgan fingerprint density at radius 2 is 1.00 bits per heavy atom. The highest BCUT2D eigenvalue weighted by Crippen LogP contribution is 2.36. The van der Waals surface area contributed by atoms with Gasteiger partial charge in [0.15, 0.2) is 23.3 Å². The van der Waals surface area contributed by atoms with Gasteiger partial charge in [0.2, 0.25) is 5.95 Å². The summed E-state index contributed by atoms with van der Waals surface area (Å²) in [5, 5.41) is 18.5. The zero-order valence-corrected chi connectivity index (χ0v) is 36.5. The van der Waals surface area contributed by atoms with Gasteiger partial charge in [-0.15, -0.1) is 0 Å². The van der Waals surface area contributed by atoms with Crippen molar-refractivity contribution in [2.45, 2.75) is 64.5 Å². The van der Waals surface area contributed by atoms with Crippen molar-refractivity contribution in [2.75, 3.05) is 58.9 Å². The lowest BCUT2D eigenvalue weighted by molar-refractivity contribution is -0.143. The fourth-order valence-corrected chi connectivity index (χ4v) is 9.12. The van der Waals surface area contributed by atoms with Gasteiger partial charge in [-0.05, 0) is 51.7 Å². The third-order valence-electron chi connectivity index (χ3n) is 12.8. The summed E-state index contributed by atoms with van der Waals surface area (Å²) in [6.07, 6.45) is 13.7. The molecule has 4 aliphatic rings. The summed E-state index contributed by atoms with van der Waals surface area (Å²) in [5.41, 5.74) is 4.53. The van der Waals surface area contributed by atoms with Gasteiger partial charge in [-0.3, -0.25) is 9.59 Å². The van der Waals surface area contributed by atoms with Crippen LogP contribution in [0.4, 0.5) is 31.9 Å². The molecular formula is C46H48F2N14O4. The van der Waals surface area contributed by atoms with E-state index in [9.17, 15) is 28.6 Å². The van der Waals surface area contributed by atoms with Crippen molar-refractivity contribution < 1.29 is 28.6 Å². The van der Waals surface area contributed by atoms with Gasteiger partial charge in [0.05, 0.1) is 35.3 Å². The van der Waals surface area contributed by atoms with Crippen LogP contribution in [0.5, 0.6) is 0 Å². The van der Waals surface area contributed by atoms with Crippen molar-refractivity contribution >= 4 is 35.1 Å². The van der Waals surface area contributed by atoms with E-state index in [1.807, 2.05) is 29.7 Å². The van der Waals surface area contributed by atoms with Gasteiger partial charge >= 0.3 is 11.9 Å². The molecule has 0 bridgehead atoms. The monoisotopic (exact) mass is 898 g/mol. The van der Waals surface area contributed by atoms with Crippen LogP contribution in [0.3, 0.4) is 0 Å². The molecule has 2 fully saturated rings. The van der Waals surface area contributed by atoms with Crippen molar-refractivity contribution in [3.63, 3.8) is 0 Å². The number of hydrogen-bond acceptors (Lipinski definition) is 16. The van der Waals surface area contributed by atoms with Crippen LogP contribution in [-0.2, 0) is 22.4 Å². The summed E-state index contributed by atoms with van der Waals surface area (Å²) < 4.78 is 29.1. The van der Waals surface area contributed by atoms with E-state index < -0.39 is 17.9 Å². The lowest BCUT2D eigenvalue weighted by Gasteiger charge is -2.37. The van der Waals surface area contributed by atoms with Crippen LogP contribution in [0.1, 0.15) is 74.1 Å². The largest absolute Gasteiger partial charge is 0.481 e. The number of aromatic nitrogens is 10. The number of anilines is 4. The molecule has 10 heterocycles. The zero-order valence-electron chi connectivity index (χ0n) is 36.5. The number of fused-ring (bicyclic) bond motifs is 2. The fraction of sp³-hybridized carbons (Fsp3) is 0.391. The van der Waals surface area contributed by atoms with Gasteiger partial charge in [-0.2, -0.15) is 4.39 Å². The van der Waals surface area contributed by atoms with Crippen molar-refractivity contribution in [3.05, 3.63) is 108 Å². The number of rotatable bonds is 8. The van der Waals surface area contributed by atoms with Gasteiger partial charge in [-0.25, -0.2) is 54.2 Å². The zero-order chi connectivity index (χ0) is 45.9. The third kappa shape index (κ3) is 9.38. The maximum Gasteiger partial charge on any atom is 0.306 e. The summed E-state index contributed by atoms with van der Waals surface area (Å²) >= 11 is 0. The molecule has 2 N–H and O–H groups in total. The van der Waals surface area contributed by atoms with E-state index >= 15 is 0 Å². The standard InChI is InChI=1S/2C23H24FN7O2/c1-14-17-13-27-22(21-25-6-2-7-26-21)28-18(17)5-10-31(14)20-12-16(11-19(24)29-20)30-8-3-15(4-9-30)23(32)33;1-14-17-13-27-22(21-25-6-2-7-26-21)28-18(17)5-10-31(14)20-12-16(24)11-19(29-20)30-8-3-15(4-9-30)23(32)33/h2*2,6-7,11-15H,3-5,8-10H2,1H3,(H,32,33).